The van der Waals surface area contributed by atoms with Crippen LogP contribution in [0.5, 0.6) is 11.5 Å². The Bertz CT molecular complexity index is 403. The van der Waals surface area contributed by atoms with Gasteiger partial charge in [0.05, 0.1) is 20.3 Å². The molecule has 1 heterocycles. The number of methoxy groups -OCH3 is 2. The van der Waals surface area contributed by atoms with Crippen molar-refractivity contribution in [2.75, 3.05) is 20.8 Å². The second kappa shape index (κ2) is 5.87. The number of ether oxygens (including phenoxy) is 2. The van der Waals surface area contributed by atoms with E-state index in [2.05, 4.69) is 5.32 Å². The first-order valence-corrected chi connectivity index (χ1v) is 6.26. The van der Waals surface area contributed by atoms with Gasteiger partial charge in [-0.2, -0.15) is 0 Å². The summed E-state index contributed by atoms with van der Waals surface area (Å²) in [6.07, 6.45) is 3.09. The van der Waals surface area contributed by atoms with Gasteiger partial charge in [-0.05, 0) is 31.5 Å². The van der Waals surface area contributed by atoms with Crippen molar-refractivity contribution in [1.29, 1.82) is 0 Å². The predicted molar refractivity (Wildman–Crippen MR) is 69.5 cm³/mol. The number of ketones is 1. The molecule has 1 fully saturated rings. The number of hydrogen-bond donors (Lipinski definition) is 1. The third-order valence-corrected chi connectivity index (χ3v) is 3.30. The summed E-state index contributed by atoms with van der Waals surface area (Å²) in [6.45, 7) is 0.897. The van der Waals surface area contributed by atoms with Gasteiger partial charge in [0.25, 0.3) is 0 Å². The van der Waals surface area contributed by atoms with Gasteiger partial charge in [-0.25, -0.2) is 0 Å². The Morgan fingerprint density at radius 3 is 2.39 bits per heavy atom. The normalized spacial score (nSPS) is 19.3. The Hall–Kier alpha value is -1.55. The van der Waals surface area contributed by atoms with E-state index in [9.17, 15) is 4.79 Å². The number of benzene rings is 1. The summed E-state index contributed by atoms with van der Waals surface area (Å²) >= 11 is 0. The van der Waals surface area contributed by atoms with E-state index in [1.807, 2.05) is 6.07 Å². The topological polar surface area (TPSA) is 47.6 Å². The molecule has 1 unspecified atom stereocenters. The van der Waals surface area contributed by atoms with E-state index in [0.717, 1.165) is 25.8 Å². The van der Waals surface area contributed by atoms with Crippen LogP contribution in [0, 0.1) is 0 Å². The molecule has 1 aromatic rings. The van der Waals surface area contributed by atoms with Crippen LogP contribution in [0.4, 0.5) is 0 Å². The molecule has 4 nitrogen and oxygen atoms in total. The first-order chi connectivity index (χ1) is 8.77. The molecule has 1 aliphatic rings. The maximum absolute atomic E-state index is 12.5. The van der Waals surface area contributed by atoms with Crippen molar-refractivity contribution in [3.63, 3.8) is 0 Å². The molecule has 1 N–H and O–H groups in total. The van der Waals surface area contributed by atoms with E-state index in [-0.39, 0.29) is 11.8 Å². The third-order valence-electron chi connectivity index (χ3n) is 3.30. The largest absolute Gasteiger partial charge is 0.496 e. The Morgan fingerprint density at radius 1 is 1.22 bits per heavy atom. The summed E-state index contributed by atoms with van der Waals surface area (Å²) in [6, 6.07) is 5.28. The summed E-state index contributed by atoms with van der Waals surface area (Å²) in [5.74, 6) is 1.21. The zero-order chi connectivity index (χ0) is 13.0. The average Bonchev–Trinajstić information content (AvgIpc) is 2.46. The highest BCUT2D eigenvalue weighted by Crippen LogP contribution is 2.30. The molecule has 2 rings (SSSR count). The standard InChI is InChI=1S/C14H19NO3/c1-17-11-7-5-8-12(18-2)13(11)14(16)10-6-3-4-9-15-10/h5,7-8,10,15H,3-4,6,9H2,1-2H3. The first-order valence-electron chi connectivity index (χ1n) is 6.26. The van der Waals surface area contributed by atoms with Gasteiger partial charge in [0.2, 0.25) is 0 Å². The molecule has 0 aromatic heterocycles. The molecule has 0 amide bonds. The number of hydrogen-bond acceptors (Lipinski definition) is 4. The van der Waals surface area contributed by atoms with Crippen molar-refractivity contribution < 1.29 is 14.3 Å². The minimum Gasteiger partial charge on any atom is -0.496 e. The van der Waals surface area contributed by atoms with Crippen molar-refractivity contribution in [2.24, 2.45) is 0 Å². The molecule has 0 spiro atoms. The number of carbonyl (C=O) groups excluding carboxylic acids is 1. The van der Waals surface area contributed by atoms with Gasteiger partial charge in [-0.3, -0.25) is 4.79 Å². The molecule has 1 aliphatic heterocycles. The van der Waals surface area contributed by atoms with Crippen molar-refractivity contribution >= 4 is 5.78 Å². The second-order valence-corrected chi connectivity index (χ2v) is 4.40. The van der Waals surface area contributed by atoms with Crippen LogP contribution in [0.1, 0.15) is 29.6 Å². The number of piperidine rings is 1. The van der Waals surface area contributed by atoms with Crippen LogP contribution in [-0.2, 0) is 0 Å². The van der Waals surface area contributed by atoms with Crippen LogP contribution in [0.15, 0.2) is 18.2 Å². The van der Waals surface area contributed by atoms with E-state index < -0.39 is 0 Å². The monoisotopic (exact) mass is 249 g/mol. The zero-order valence-electron chi connectivity index (χ0n) is 10.9. The van der Waals surface area contributed by atoms with E-state index in [1.54, 1.807) is 26.4 Å². The van der Waals surface area contributed by atoms with Crippen LogP contribution >= 0.6 is 0 Å². The summed E-state index contributed by atoms with van der Waals surface area (Å²) < 4.78 is 10.5. The van der Waals surface area contributed by atoms with Crippen LogP contribution in [0.2, 0.25) is 0 Å². The molecular weight excluding hydrogens is 230 g/mol. The smallest absolute Gasteiger partial charge is 0.187 e. The first kappa shape index (κ1) is 12.9. The quantitative estimate of drug-likeness (QED) is 0.829. The minimum atomic E-state index is -0.121. The SMILES string of the molecule is COc1cccc(OC)c1C(=O)C1CCCCN1. The molecular formula is C14H19NO3. The Morgan fingerprint density at radius 2 is 1.89 bits per heavy atom. The highest BCUT2D eigenvalue weighted by Gasteiger charge is 2.27. The van der Waals surface area contributed by atoms with Gasteiger partial charge in [-0.15, -0.1) is 0 Å². The Balaban J connectivity index is 2.32. The summed E-state index contributed by atoms with van der Waals surface area (Å²) in [7, 11) is 3.14. The lowest BCUT2D eigenvalue weighted by Crippen LogP contribution is -2.40. The molecule has 1 atom stereocenters. The summed E-state index contributed by atoms with van der Waals surface area (Å²) in [5.41, 5.74) is 0.543. The number of nitrogens with one attached hydrogen (secondary N) is 1. The van der Waals surface area contributed by atoms with E-state index >= 15 is 0 Å². The molecule has 1 saturated heterocycles. The predicted octanol–water partition coefficient (Wildman–Crippen LogP) is 2.03. The number of carbonyl (C=O) groups is 1. The molecule has 4 heteroatoms. The van der Waals surface area contributed by atoms with Crippen LogP contribution in [0.25, 0.3) is 0 Å². The van der Waals surface area contributed by atoms with Crippen molar-refractivity contribution in [3.8, 4) is 11.5 Å². The number of rotatable bonds is 4. The fourth-order valence-corrected chi connectivity index (χ4v) is 2.34. The van der Waals surface area contributed by atoms with Crippen molar-refractivity contribution in [2.45, 2.75) is 25.3 Å². The Kier molecular flexibility index (Phi) is 4.20. The Labute approximate surface area is 107 Å². The molecule has 0 bridgehead atoms. The van der Waals surface area contributed by atoms with Crippen LogP contribution in [0.3, 0.4) is 0 Å². The van der Waals surface area contributed by atoms with Crippen molar-refractivity contribution in [1.82, 2.24) is 5.32 Å². The van der Waals surface area contributed by atoms with Crippen molar-refractivity contribution in [3.05, 3.63) is 23.8 Å². The fourth-order valence-electron chi connectivity index (χ4n) is 2.34. The molecule has 0 aliphatic carbocycles. The number of Topliss-reactive ketones (excluding diaryl/α,β-unsaturated/α-hetero) is 1. The van der Waals surface area contributed by atoms with Gasteiger partial charge in [0, 0.05) is 0 Å². The molecule has 0 radical (unpaired) electrons. The lowest BCUT2D eigenvalue weighted by molar-refractivity contribution is 0.0921. The summed E-state index contributed by atoms with van der Waals surface area (Å²) in [5, 5.41) is 3.26. The lowest BCUT2D eigenvalue weighted by atomic mass is 9.95. The zero-order valence-corrected chi connectivity index (χ0v) is 10.9. The maximum Gasteiger partial charge on any atom is 0.187 e. The molecule has 1 aromatic carbocycles. The fraction of sp³-hybridized carbons (Fsp3) is 0.500. The van der Waals surface area contributed by atoms with Crippen LogP contribution in [-0.4, -0.2) is 32.6 Å². The van der Waals surface area contributed by atoms with E-state index in [0.29, 0.717) is 17.1 Å². The molecule has 0 saturated carbocycles. The summed E-state index contributed by atoms with van der Waals surface area (Å²) in [4.78, 5) is 12.5. The molecule has 18 heavy (non-hydrogen) atoms. The van der Waals surface area contributed by atoms with E-state index in [4.69, 9.17) is 9.47 Å². The highest BCUT2D eigenvalue weighted by atomic mass is 16.5. The average molecular weight is 249 g/mol. The lowest BCUT2D eigenvalue weighted by Gasteiger charge is -2.23. The van der Waals surface area contributed by atoms with Crippen LogP contribution < -0.4 is 14.8 Å². The molecule has 98 valence electrons. The van der Waals surface area contributed by atoms with Gasteiger partial charge >= 0.3 is 0 Å². The van der Waals surface area contributed by atoms with Gasteiger partial charge in [-0.1, -0.05) is 12.5 Å². The van der Waals surface area contributed by atoms with Gasteiger partial charge in [0.1, 0.15) is 17.1 Å². The van der Waals surface area contributed by atoms with Gasteiger partial charge in [0.15, 0.2) is 5.78 Å². The second-order valence-electron chi connectivity index (χ2n) is 4.40. The van der Waals surface area contributed by atoms with E-state index in [1.165, 1.54) is 0 Å². The van der Waals surface area contributed by atoms with Gasteiger partial charge < -0.3 is 14.8 Å². The highest BCUT2D eigenvalue weighted by molar-refractivity contribution is 6.04. The maximum atomic E-state index is 12.5. The third kappa shape index (κ3) is 2.48. The minimum absolute atomic E-state index is 0.0593.